The highest BCUT2D eigenvalue weighted by molar-refractivity contribution is 5.97. The number of esters is 1. The molecular formula is C21H34O5. The lowest BCUT2D eigenvalue weighted by molar-refractivity contribution is -0.160. The average Bonchev–Trinajstić information content (AvgIpc) is 2.65. The largest absolute Gasteiger partial charge is 0.493 e. The predicted molar refractivity (Wildman–Crippen MR) is 100 cm³/mol. The Kier molecular flexibility index (Phi) is 8.51. The fourth-order valence-electron chi connectivity index (χ4n) is 3.17. The summed E-state index contributed by atoms with van der Waals surface area (Å²) in [5.41, 5.74) is 0.669. The van der Waals surface area contributed by atoms with Crippen LogP contribution in [0.1, 0.15) is 74.1 Å². The molecule has 0 saturated carbocycles. The molecule has 0 aliphatic carbocycles. The van der Waals surface area contributed by atoms with Gasteiger partial charge in [-0.1, -0.05) is 41.5 Å². The van der Waals surface area contributed by atoms with Gasteiger partial charge in [-0.3, -0.25) is 14.4 Å². The van der Waals surface area contributed by atoms with Crippen LogP contribution in [-0.2, 0) is 23.9 Å². The molecule has 5 nitrogen and oxygen atoms in total. The monoisotopic (exact) mass is 366 g/mol. The van der Waals surface area contributed by atoms with Crippen molar-refractivity contribution in [2.75, 3.05) is 0 Å². The second-order valence-corrected chi connectivity index (χ2v) is 7.34. The fourth-order valence-corrected chi connectivity index (χ4v) is 3.17. The van der Waals surface area contributed by atoms with Gasteiger partial charge in [-0.25, -0.2) is 0 Å². The van der Waals surface area contributed by atoms with Crippen LogP contribution in [0.5, 0.6) is 0 Å². The molecule has 0 fully saturated rings. The molecule has 1 rings (SSSR count). The van der Waals surface area contributed by atoms with Gasteiger partial charge in [-0.05, 0) is 13.3 Å². The van der Waals surface area contributed by atoms with Gasteiger partial charge in [0, 0.05) is 24.8 Å². The second kappa shape index (κ2) is 9.89. The summed E-state index contributed by atoms with van der Waals surface area (Å²) in [7, 11) is 0. The van der Waals surface area contributed by atoms with Crippen LogP contribution in [0.25, 0.3) is 0 Å². The third kappa shape index (κ3) is 5.18. The molecule has 5 atom stereocenters. The molecule has 0 aromatic carbocycles. The molecule has 148 valence electrons. The molecule has 0 bridgehead atoms. The van der Waals surface area contributed by atoms with E-state index >= 15 is 0 Å². The number of hydrogen-bond donors (Lipinski definition) is 0. The maximum Gasteiger partial charge on any atom is 0.308 e. The Morgan fingerprint density at radius 1 is 1.19 bits per heavy atom. The summed E-state index contributed by atoms with van der Waals surface area (Å²) in [6, 6.07) is 0. The number of allylic oxidation sites excluding steroid dienone is 2. The van der Waals surface area contributed by atoms with Gasteiger partial charge in [0.1, 0.15) is 23.8 Å². The van der Waals surface area contributed by atoms with E-state index < -0.39 is 12.0 Å². The van der Waals surface area contributed by atoms with Crippen molar-refractivity contribution in [1.82, 2.24) is 0 Å². The minimum atomic E-state index is -0.583. The van der Waals surface area contributed by atoms with Gasteiger partial charge in [0.2, 0.25) is 0 Å². The third-order valence-electron chi connectivity index (χ3n) is 5.53. The van der Waals surface area contributed by atoms with Crippen molar-refractivity contribution in [3.05, 3.63) is 11.3 Å². The van der Waals surface area contributed by atoms with Gasteiger partial charge in [0.25, 0.3) is 0 Å². The zero-order chi connectivity index (χ0) is 20.0. The van der Waals surface area contributed by atoms with E-state index in [0.717, 1.165) is 0 Å². The van der Waals surface area contributed by atoms with E-state index in [2.05, 4.69) is 0 Å². The number of carbonyl (C=O) groups excluding carboxylic acids is 3. The topological polar surface area (TPSA) is 69.7 Å². The van der Waals surface area contributed by atoms with Crippen LogP contribution in [0.3, 0.4) is 0 Å². The molecule has 2 unspecified atom stereocenters. The first-order valence-electron chi connectivity index (χ1n) is 9.81. The van der Waals surface area contributed by atoms with E-state index in [1.807, 2.05) is 27.7 Å². The van der Waals surface area contributed by atoms with E-state index in [-0.39, 0.29) is 35.5 Å². The van der Waals surface area contributed by atoms with Crippen LogP contribution in [0.2, 0.25) is 0 Å². The van der Waals surface area contributed by atoms with E-state index in [0.29, 0.717) is 37.0 Å². The van der Waals surface area contributed by atoms with Crippen LogP contribution in [0.4, 0.5) is 0 Å². The second-order valence-electron chi connectivity index (χ2n) is 7.34. The van der Waals surface area contributed by atoms with E-state index in [1.54, 1.807) is 20.8 Å². The van der Waals surface area contributed by atoms with Gasteiger partial charge in [-0.15, -0.1) is 0 Å². The first-order valence-corrected chi connectivity index (χ1v) is 9.81. The lowest BCUT2D eigenvalue weighted by Crippen LogP contribution is -2.41. The fraction of sp³-hybridized carbons (Fsp3) is 0.762. The Hall–Kier alpha value is -1.65. The van der Waals surface area contributed by atoms with Crippen molar-refractivity contribution < 1.29 is 23.9 Å². The predicted octanol–water partition coefficient (Wildman–Crippen LogP) is 4.24. The van der Waals surface area contributed by atoms with E-state index in [4.69, 9.17) is 9.47 Å². The van der Waals surface area contributed by atoms with Crippen LogP contribution in [-0.4, -0.2) is 29.7 Å². The molecule has 5 heteroatoms. The molecule has 0 N–H and O–H groups in total. The first kappa shape index (κ1) is 22.4. The van der Waals surface area contributed by atoms with E-state index in [9.17, 15) is 14.4 Å². The highest BCUT2D eigenvalue weighted by atomic mass is 16.5. The summed E-state index contributed by atoms with van der Waals surface area (Å²) < 4.78 is 11.8. The summed E-state index contributed by atoms with van der Waals surface area (Å²) in [4.78, 5) is 37.0. The molecule has 26 heavy (non-hydrogen) atoms. The number of Topliss-reactive ketones (excluding diaryl/α,β-unsaturated/α-hetero) is 2. The molecule has 0 aromatic rings. The smallest absolute Gasteiger partial charge is 0.308 e. The molecule has 0 amide bonds. The Balaban J connectivity index is 3.02. The molecule has 1 aliphatic heterocycles. The van der Waals surface area contributed by atoms with Crippen molar-refractivity contribution in [3.8, 4) is 0 Å². The van der Waals surface area contributed by atoms with Gasteiger partial charge in [0.15, 0.2) is 5.78 Å². The van der Waals surface area contributed by atoms with Gasteiger partial charge >= 0.3 is 5.97 Å². The summed E-state index contributed by atoms with van der Waals surface area (Å²) in [6.07, 6.45) is 1.08. The average molecular weight is 366 g/mol. The highest BCUT2D eigenvalue weighted by Crippen LogP contribution is 2.32. The minimum Gasteiger partial charge on any atom is -0.493 e. The Morgan fingerprint density at radius 3 is 2.31 bits per heavy atom. The van der Waals surface area contributed by atoms with Crippen molar-refractivity contribution >= 4 is 17.5 Å². The van der Waals surface area contributed by atoms with Crippen molar-refractivity contribution in [2.24, 2.45) is 17.8 Å². The van der Waals surface area contributed by atoms with Crippen LogP contribution in [0, 0.1) is 17.8 Å². The normalized spacial score (nSPS) is 23.9. The lowest BCUT2D eigenvalue weighted by atomic mass is 9.85. The van der Waals surface area contributed by atoms with Crippen LogP contribution >= 0.6 is 0 Å². The number of hydrogen-bond acceptors (Lipinski definition) is 5. The SMILES string of the molecule is CCC(=O)C(C)C(C[C@H]1OC(CC)=C(C)C(=O)[C@@H]1C)OC(=O)[C@H](C)CC. The molecular weight excluding hydrogens is 332 g/mol. The zero-order valence-electron chi connectivity index (χ0n) is 17.3. The molecule has 1 aliphatic rings. The minimum absolute atomic E-state index is 0.0455. The Bertz CT molecular complexity index is 563. The van der Waals surface area contributed by atoms with Crippen molar-refractivity contribution in [2.45, 2.75) is 86.4 Å². The van der Waals surface area contributed by atoms with Crippen LogP contribution < -0.4 is 0 Å². The highest BCUT2D eigenvalue weighted by Gasteiger charge is 2.38. The van der Waals surface area contributed by atoms with Crippen LogP contribution in [0.15, 0.2) is 11.3 Å². The van der Waals surface area contributed by atoms with E-state index in [1.165, 1.54) is 0 Å². The molecule has 0 spiro atoms. The summed E-state index contributed by atoms with van der Waals surface area (Å²) in [6.45, 7) is 12.9. The standard InChI is InChI=1S/C21H34O5/c1-8-12(4)21(24)26-18(13(5)16(22)9-2)11-19-15(7)20(23)14(6)17(10-3)25-19/h12-13,15,18-19H,8-11H2,1-7H3/t12-,13?,15-,18?,19-/m1/s1. The summed E-state index contributed by atoms with van der Waals surface area (Å²) >= 11 is 0. The van der Waals surface area contributed by atoms with Gasteiger partial charge in [0.05, 0.1) is 17.8 Å². The van der Waals surface area contributed by atoms with Gasteiger partial charge in [-0.2, -0.15) is 0 Å². The Morgan fingerprint density at radius 2 is 1.81 bits per heavy atom. The van der Waals surface area contributed by atoms with Gasteiger partial charge < -0.3 is 9.47 Å². The van der Waals surface area contributed by atoms with Crippen molar-refractivity contribution in [3.63, 3.8) is 0 Å². The quantitative estimate of drug-likeness (QED) is 0.571. The van der Waals surface area contributed by atoms with Crippen molar-refractivity contribution in [1.29, 1.82) is 0 Å². The lowest BCUT2D eigenvalue weighted by Gasteiger charge is -2.35. The number of ether oxygens (including phenoxy) is 2. The number of ketones is 2. The summed E-state index contributed by atoms with van der Waals surface area (Å²) in [5, 5.41) is 0. The maximum absolute atomic E-state index is 12.5. The zero-order valence-corrected chi connectivity index (χ0v) is 17.3. The first-order chi connectivity index (χ1) is 12.2. The number of rotatable bonds is 9. The summed E-state index contributed by atoms with van der Waals surface area (Å²) in [5.74, 6) is -0.454. The maximum atomic E-state index is 12.5. The molecule has 0 aromatic heterocycles. The third-order valence-corrected chi connectivity index (χ3v) is 5.53. The molecule has 1 heterocycles. The Labute approximate surface area is 157 Å². The molecule has 0 radical (unpaired) electrons. The molecule has 0 saturated heterocycles. The number of carbonyl (C=O) groups is 3.